The molecule has 8 nitrogen and oxygen atoms in total. The Balaban J connectivity index is 2.01. The largest absolute Gasteiger partial charge is 0.282 e. The molecular weight excluding hydrogens is 280 g/mol. The monoisotopic (exact) mass is 298 g/mol. The van der Waals surface area contributed by atoms with Crippen molar-refractivity contribution in [2.24, 2.45) is 5.14 Å². The van der Waals surface area contributed by atoms with Crippen LogP contribution >= 0.6 is 0 Å². The van der Waals surface area contributed by atoms with Crippen molar-refractivity contribution in [3.05, 3.63) is 0 Å². The minimum Gasteiger partial charge on any atom is -0.216 e. The van der Waals surface area contributed by atoms with Crippen LogP contribution in [-0.4, -0.2) is 69.0 Å². The van der Waals surface area contributed by atoms with E-state index in [1.807, 2.05) is 0 Å². The van der Waals surface area contributed by atoms with Crippen LogP contribution in [-0.2, 0) is 20.4 Å². The molecule has 2 heterocycles. The van der Waals surface area contributed by atoms with Gasteiger partial charge in [0, 0.05) is 39.3 Å². The van der Waals surface area contributed by atoms with Crippen molar-refractivity contribution in [1.82, 2.24) is 12.9 Å². The molecule has 106 valence electrons. The normalized spacial score (nSPS) is 25.6. The second-order valence-corrected chi connectivity index (χ2v) is 7.93. The molecule has 0 aromatic rings. The number of nitrogens with two attached hydrogens (primary N) is 1. The topological polar surface area (TPSA) is 104 Å². The van der Waals surface area contributed by atoms with Crippen LogP contribution in [0, 0.1) is 0 Å². The summed E-state index contributed by atoms with van der Waals surface area (Å²) < 4.78 is 50.5. The number of nitrogens with zero attached hydrogens (tertiary/aromatic N) is 3. The molecule has 2 N–H and O–H groups in total. The number of hydrogen-bond donors (Lipinski definition) is 1. The van der Waals surface area contributed by atoms with E-state index in [1.165, 1.54) is 8.61 Å². The summed E-state index contributed by atoms with van der Waals surface area (Å²) in [6, 6.07) is 0. The van der Waals surface area contributed by atoms with Gasteiger partial charge in [-0.15, -0.1) is 0 Å². The summed E-state index contributed by atoms with van der Waals surface area (Å²) in [4.78, 5) is 0. The van der Waals surface area contributed by atoms with Crippen LogP contribution in [0.4, 0.5) is 0 Å². The van der Waals surface area contributed by atoms with Crippen LogP contribution in [0.2, 0.25) is 0 Å². The molecule has 0 saturated carbocycles. The van der Waals surface area contributed by atoms with Gasteiger partial charge in [-0.2, -0.15) is 29.8 Å². The van der Waals surface area contributed by atoms with Gasteiger partial charge < -0.3 is 0 Å². The zero-order chi connectivity index (χ0) is 13.4. The molecule has 2 aliphatic rings. The molecule has 0 bridgehead atoms. The van der Waals surface area contributed by atoms with Crippen molar-refractivity contribution in [2.75, 3.05) is 39.3 Å². The second kappa shape index (κ2) is 5.02. The fourth-order valence-electron chi connectivity index (χ4n) is 2.24. The van der Waals surface area contributed by atoms with Gasteiger partial charge >= 0.3 is 0 Å². The summed E-state index contributed by atoms with van der Waals surface area (Å²) in [7, 11) is -7.14. The molecule has 2 rings (SSSR count). The van der Waals surface area contributed by atoms with E-state index >= 15 is 0 Å². The van der Waals surface area contributed by atoms with E-state index in [0.29, 0.717) is 13.1 Å². The van der Waals surface area contributed by atoms with Crippen molar-refractivity contribution in [3.8, 4) is 0 Å². The van der Waals surface area contributed by atoms with Gasteiger partial charge in [0.15, 0.2) is 0 Å². The zero-order valence-corrected chi connectivity index (χ0v) is 11.7. The fraction of sp³-hybridized carbons (Fsp3) is 1.00. The molecule has 0 aliphatic carbocycles. The lowest BCUT2D eigenvalue weighted by atomic mass is 10.4. The van der Waals surface area contributed by atoms with Crippen LogP contribution in [0.15, 0.2) is 0 Å². The molecule has 10 heteroatoms. The molecule has 2 saturated heterocycles. The highest BCUT2D eigenvalue weighted by molar-refractivity contribution is 7.87. The highest BCUT2D eigenvalue weighted by Crippen LogP contribution is 2.18. The van der Waals surface area contributed by atoms with Crippen molar-refractivity contribution in [2.45, 2.75) is 12.8 Å². The van der Waals surface area contributed by atoms with Crippen LogP contribution in [0.3, 0.4) is 0 Å². The van der Waals surface area contributed by atoms with Crippen LogP contribution in [0.1, 0.15) is 12.8 Å². The standard InChI is InChI=1S/C8H18N4O4S2/c9-17(13,14)10-5-7-12(8-6-10)18(15,16)11-3-1-2-4-11/h1-8H2,(H2,9,13,14). The summed E-state index contributed by atoms with van der Waals surface area (Å²) in [5.74, 6) is 0. The van der Waals surface area contributed by atoms with Crippen molar-refractivity contribution in [3.63, 3.8) is 0 Å². The first-order valence-electron chi connectivity index (χ1n) is 5.85. The number of piperazine rings is 1. The highest BCUT2D eigenvalue weighted by atomic mass is 32.2. The Morgan fingerprint density at radius 2 is 1.06 bits per heavy atom. The summed E-state index contributed by atoms with van der Waals surface area (Å²) in [5.41, 5.74) is 0. The first kappa shape index (κ1) is 14.2. The highest BCUT2D eigenvalue weighted by Gasteiger charge is 2.35. The van der Waals surface area contributed by atoms with Gasteiger partial charge in [0.05, 0.1) is 0 Å². The number of hydrogen-bond acceptors (Lipinski definition) is 4. The Kier molecular flexibility index (Phi) is 3.95. The van der Waals surface area contributed by atoms with Gasteiger partial charge in [-0.05, 0) is 12.8 Å². The number of rotatable bonds is 3. The zero-order valence-electron chi connectivity index (χ0n) is 10.0. The molecule has 0 spiro atoms. The Hall–Kier alpha value is -0.260. The Bertz CT molecular complexity index is 489. The first-order chi connectivity index (χ1) is 8.32. The second-order valence-electron chi connectivity index (χ2n) is 4.46. The van der Waals surface area contributed by atoms with E-state index in [-0.39, 0.29) is 26.2 Å². The van der Waals surface area contributed by atoms with Crippen LogP contribution < -0.4 is 5.14 Å². The maximum atomic E-state index is 12.2. The lowest BCUT2D eigenvalue weighted by molar-refractivity contribution is 0.259. The van der Waals surface area contributed by atoms with Gasteiger partial charge in [0.2, 0.25) is 0 Å². The maximum absolute atomic E-state index is 12.2. The summed E-state index contributed by atoms with van der Waals surface area (Å²) in [6.07, 6.45) is 1.77. The first-order valence-corrected chi connectivity index (χ1v) is 8.75. The van der Waals surface area contributed by atoms with Gasteiger partial charge in [0.1, 0.15) is 0 Å². The third kappa shape index (κ3) is 2.83. The summed E-state index contributed by atoms with van der Waals surface area (Å²) in [6.45, 7) is 1.66. The molecule has 0 aromatic carbocycles. The minimum atomic E-state index is -3.72. The van der Waals surface area contributed by atoms with E-state index in [0.717, 1.165) is 17.1 Å². The van der Waals surface area contributed by atoms with Gasteiger partial charge in [-0.3, -0.25) is 0 Å². The molecular formula is C8H18N4O4S2. The third-order valence-electron chi connectivity index (χ3n) is 3.28. The SMILES string of the molecule is NS(=O)(=O)N1CCN(S(=O)(=O)N2CCCC2)CC1. The molecule has 0 radical (unpaired) electrons. The Labute approximate surface area is 108 Å². The summed E-state index contributed by atoms with van der Waals surface area (Å²) in [5, 5.41) is 5.01. The quantitative estimate of drug-likeness (QED) is 0.660. The van der Waals surface area contributed by atoms with E-state index in [1.54, 1.807) is 0 Å². The van der Waals surface area contributed by atoms with E-state index in [9.17, 15) is 16.8 Å². The van der Waals surface area contributed by atoms with E-state index < -0.39 is 20.4 Å². The molecule has 2 fully saturated rings. The Morgan fingerprint density at radius 3 is 1.50 bits per heavy atom. The average Bonchev–Trinajstić information content (AvgIpc) is 2.82. The van der Waals surface area contributed by atoms with Crippen molar-refractivity contribution < 1.29 is 16.8 Å². The van der Waals surface area contributed by atoms with E-state index in [4.69, 9.17) is 5.14 Å². The maximum Gasteiger partial charge on any atom is 0.282 e. The van der Waals surface area contributed by atoms with Crippen LogP contribution in [0.25, 0.3) is 0 Å². The van der Waals surface area contributed by atoms with E-state index in [2.05, 4.69) is 0 Å². The van der Waals surface area contributed by atoms with Crippen molar-refractivity contribution >= 4 is 20.4 Å². The smallest absolute Gasteiger partial charge is 0.216 e. The molecule has 0 amide bonds. The molecule has 2 aliphatic heterocycles. The lowest BCUT2D eigenvalue weighted by Gasteiger charge is -2.34. The summed E-state index contributed by atoms with van der Waals surface area (Å²) >= 11 is 0. The molecule has 0 aromatic heterocycles. The minimum absolute atomic E-state index is 0.117. The van der Waals surface area contributed by atoms with Crippen LogP contribution in [0.5, 0.6) is 0 Å². The van der Waals surface area contributed by atoms with Crippen molar-refractivity contribution in [1.29, 1.82) is 0 Å². The average molecular weight is 298 g/mol. The molecule has 0 unspecified atom stereocenters. The lowest BCUT2D eigenvalue weighted by Crippen LogP contribution is -2.54. The Morgan fingerprint density at radius 1 is 0.667 bits per heavy atom. The molecule has 18 heavy (non-hydrogen) atoms. The molecule has 0 atom stereocenters. The van der Waals surface area contributed by atoms with Gasteiger partial charge in [-0.25, -0.2) is 5.14 Å². The van der Waals surface area contributed by atoms with Gasteiger partial charge in [0.25, 0.3) is 20.4 Å². The predicted molar refractivity (Wildman–Crippen MR) is 66.0 cm³/mol. The van der Waals surface area contributed by atoms with Gasteiger partial charge in [-0.1, -0.05) is 0 Å². The fourth-order valence-corrected chi connectivity index (χ4v) is 4.58. The third-order valence-corrected chi connectivity index (χ3v) is 6.40. The predicted octanol–water partition coefficient (Wildman–Crippen LogP) is -1.85.